The van der Waals surface area contributed by atoms with Gasteiger partial charge in [0.2, 0.25) is 0 Å². The molecular weight excluding hydrogens is 306 g/mol. The van der Waals surface area contributed by atoms with Crippen molar-refractivity contribution in [3.8, 4) is 11.5 Å². The van der Waals surface area contributed by atoms with Crippen LogP contribution in [0.4, 0.5) is 8.78 Å². The molecule has 0 unspecified atom stereocenters. The highest BCUT2D eigenvalue weighted by Gasteiger charge is 2.42. The fourth-order valence-electron chi connectivity index (χ4n) is 1.32. The van der Waals surface area contributed by atoms with Gasteiger partial charge in [-0.1, -0.05) is 58.0 Å². The highest BCUT2D eigenvalue weighted by Crippen LogP contribution is 2.39. The molecule has 0 N–H and O–H groups in total. The Morgan fingerprint density at radius 1 is 0.727 bits per heavy atom. The molecule has 0 bridgehead atoms. The standard InChI is InChI=1S/C7H4F2O2.C6H6S.2C2H6/c8-7(9)10-5-3-1-2-4-6(5)11-7;7-6-4-2-1-3-5-6;2*1-2/h1-4H;1-5,7H;2*1-2H3. The van der Waals surface area contributed by atoms with Gasteiger partial charge in [-0.15, -0.1) is 21.4 Å². The number of hydrogen-bond donors (Lipinski definition) is 1. The highest BCUT2D eigenvalue weighted by atomic mass is 32.1. The Morgan fingerprint density at radius 2 is 1.09 bits per heavy atom. The molecule has 0 fully saturated rings. The summed E-state index contributed by atoms with van der Waals surface area (Å²) in [4.78, 5) is 1.02. The Bertz CT molecular complexity index is 492. The average Bonchev–Trinajstić information content (AvgIpc) is 2.86. The van der Waals surface area contributed by atoms with Crippen molar-refractivity contribution >= 4 is 12.6 Å². The summed E-state index contributed by atoms with van der Waals surface area (Å²) in [5.41, 5.74) is 0. The number of benzene rings is 2. The van der Waals surface area contributed by atoms with E-state index in [1.54, 1.807) is 12.1 Å². The molecule has 0 saturated carbocycles. The van der Waals surface area contributed by atoms with Gasteiger partial charge >= 0.3 is 6.29 Å². The lowest BCUT2D eigenvalue weighted by Crippen LogP contribution is -2.25. The van der Waals surface area contributed by atoms with Crippen LogP contribution in [0.5, 0.6) is 11.5 Å². The Labute approximate surface area is 136 Å². The van der Waals surface area contributed by atoms with Gasteiger partial charge in [-0.25, -0.2) is 0 Å². The minimum atomic E-state index is -3.50. The number of fused-ring (bicyclic) bond motifs is 1. The second kappa shape index (κ2) is 10.9. The molecule has 0 atom stereocenters. The first kappa shape index (κ1) is 20.2. The van der Waals surface area contributed by atoms with E-state index in [9.17, 15) is 8.78 Å². The van der Waals surface area contributed by atoms with Crippen LogP contribution >= 0.6 is 12.6 Å². The predicted molar refractivity (Wildman–Crippen MR) is 89.0 cm³/mol. The fraction of sp³-hybridized carbons (Fsp3) is 0.294. The van der Waals surface area contributed by atoms with Crippen LogP contribution in [-0.4, -0.2) is 6.29 Å². The summed E-state index contributed by atoms with van der Waals surface area (Å²) in [6.45, 7) is 8.00. The first-order valence-electron chi connectivity index (χ1n) is 7.16. The molecule has 2 aromatic rings. The van der Waals surface area contributed by atoms with E-state index in [0.717, 1.165) is 4.90 Å². The third kappa shape index (κ3) is 7.31. The van der Waals surface area contributed by atoms with Crippen molar-refractivity contribution in [2.45, 2.75) is 38.9 Å². The van der Waals surface area contributed by atoms with E-state index in [1.807, 2.05) is 58.0 Å². The van der Waals surface area contributed by atoms with E-state index < -0.39 is 6.29 Å². The molecule has 0 aromatic heterocycles. The maximum Gasteiger partial charge on any atom is 0.586 e. The zero-order chi connectivity index (χ0) is 17.0. The fourth-order valence-corrected chi connectivity index (χ4v) is 1.50. The molecule has 0 radical (unpaired) electrons. The van der Waals surface area contributed by atoms with Crippen LogP contribution < -0.4 is 9.47 Å². The molecule has 0 saturated heterocycles. The molecule has 0 amide bonds. The molecule has 1 heterocycles. The van der Waals surface area contributed by atoms with Gasteiger partial charge < -0.3 is 9.47 Å². The summed E-state index contributed by atoms with van der Waals surface area (Å²) in [6, 6.07) is 15.8. The lowest BCUT2D eigenvalue weighted by atomic mass is 10.3. The van der Waals surface area contributed by atoms with Gasteiger partial charge in [-0.2, -0.15) is 0 Å². The zero-order valence-corrected chi connectivity index (χ0v) is 14.1. The number of thiol groups is 1. The second-order valence-corrected chi connectivity index (χ2v) is 3.97. The van der Waals surface area contributed by atoms with E-state index in [0.29, 0.717) is 0 Å². The molecule has 122 valence electrons. The molecular formula is C17H22F2O2S. The van der Waals surface area contributed by atoms with E-state index in [1.165, 1.54) is 12.1 Å². The molecule has 5 heteroatoms. The van der Waals surface area contributed by atoms with Crippen molar-refractivity contribution in [2.24, 2.45) is 0 Å². The molecule has 22 heavy (non-hydrogen) atoms. The molecule has 0 aliphatic carbocycles. The number of alkyl halides is 2. The summed E-state index contributed by atoms with van der Waals surface area (Å²) in [5, 5.41) is 0. The number of halogens is 2. The van der Waals surface area contributed by atoms with Crippen molar-refractivity contribution in [1.29, 1.82) is 0 Å². The monoisotopic (exact) mass is 328 g/mol. The SMILES string of the molecule is CC.CC.FC1(F)Oc2ccccc2O1.Sc1ccccc1. The van der Waals surface area contributed by atoms with E-state index in [2.05, 4.69) is 22.1 Å². The maximum atomic E-state index is 12.3. The number of hydrogen-bond acceptors (Lipinski definition) is 3. The van der Waals surface area contributed by atoms with Crippen molar-refractivity contribution in [2.75, 3.05) is 0 Å². The van der Waals surface area contributed by atoms with Crippen LogP contribution in [0.2, 0.25) is 0 Å². The first-order chi connectivity index (χ1) is 10.6. The average molecular weight is 328 g/mol. The van der Waals surface area contributed by atoms with Crippen LogP contribution in [0.25, 0.3) is 0 Å². The minimum Gasteiger partial charge on any atom is -0.395 e. The first-order valence-corrected chi connectivity index (χ1v) is 7.60. The smallest absolute Gasteiger partial charge is 0.395 e. The van der Waals surface area contributed by atoms with Gasteiger partial charge in [-0.3, -0.25) is 0 Å². The molecule has 2 nitrogen and oxygen atoms in total. The van der Waals surface area contributed by atoms with Crippen LogP contribution in [0.1, 0.15) is 27.7 Å². The number of para-hydroxylation sites is 2. The van der Waals surface area contributed by atoms with Gasteiger partial charge in [0.05, 0.1) is 0 Å². The Kier molecular flexibility index (Phi) is 10.0. The maximum absolute atomic E-state index is 12.3. The molecule has 3 rings (SSSR count). The van der Waals surface area contributed by atoms with Crippen LogP contribution in [0.15, 0.2) is 59.5 Å². The van der Waals surface area contributed by atoms with Gasteiger partial charge in [0, 0.05) is 4.90 Å². The van der Waals surface area contributed by atoms with E-state index in [4.69, 9.17) is 0 Å². The van der Waals surface area contributed by atoms with E-state index >= 15 is 0 Å². The van der Waals surface area contributed by atoms with Crippen LogP contribution in [-0.2, 0) is 0 Å². The van der Waals surface area contributed by atoms with Gasteiger partial charge in [0.15, 0.2) is 11.5 Å². The summed E-state index contributed by atoms with van der Waals surface area (Å²) in [7, 11) is 0. The molecule has 2 aromatic carbocycles. The normalized spacial score (nSPS) is 12.5. The van der Waals surface area contributed by atoms with Crippen molar-refractivity contribution in [1.82, 2.24) is 0 Å². The molecule has 1 aliphatic rings. The minimum absolute atomic E-state index is 0.0810. The Balaban J connectivity index is 0.000000348. The largest absolute Gasteiger partial charge is 0.586 e. The predicted octanol–water partition coefficient (Wildman–Crippen LogP) is 6.04. The van der Waals surface area contributed by atoms with Gasteiger partial charge in [-0.05, 0) is 24.3 Å². The zero-order valence-electron chi connectivity index (χ0n) is 13.2. The van der Waals surface area contributed by atoms with Crippen molar-refractivity contribution < 1.29 is 18.3 Å². The third-order valence-electron chi connectivity index (χ3n) is 2.06. The van der Waals surface area contributed by atoms with Crippen LogP contribution in [0, 0.1) is 0 Å². The lowest BCUT2D eigenvalue weighted by molar-refractivity contribution is -0.286. The molecule has 1 aliphatic heterocycles. The van der Waals surface area contributed by atoms with Crippen molar-refractivity contribution in [3.63, 3.8) is 0 Å². The summed E-state index contributed by atoms with van der Waals surface area (Å²) >= 11 is 4.08. The quantitative estimate of drug-likeness (QED) is 0.595. The Hall–Kier alpha value is -1.75. The second-order valence-electron chi connectivity index (χ2n) is 3.45. The topological polar surface area (TPSA) is 18.5 Å². The lowest BCUT2D eigenvalue weighted by Gasteiger charge is -2.04. The highest BCUT2D eigenvalue weighted by molar-refractivity contribution is 7.80. The van der Waals surface area contributed by atoms with Gasteiger partial charge in [0.25, 0.3) is 0 Å². The Morgan fingerprint density at radius 3 is 1.41 bits per heavy atom. The molecule has 0 spiro atoms. The summed E-state index contributed by atoms with van der Waals surface area (Å²) in [5.74, 6) is 0.162. The third-order valence-corrected chi connectivity index (χ3v) is 2.36. The van der Waals surface area contributed by atoms with Gasteiger partial charge in [0.1, 0.15) is 0 Å². The van der Waals surface area contributed by atoms with Crippen LogP contribution in [0.3, 0.4) is 0 Å². The number of ether oxygens (including phenoxy) is 2. The summed E-state index contributed by atoms with van der Waals surface area (Å²) < 4.78 is 32.9. The number of rotatable bonds is 0. The summed E-state index contributed by atoms with van der Waals surface area (Å²) in [6.07, 6.45) is -3.50. The van der Waals surface area contributed by atoms with E-state index in [-0.39, 0.29) is 11.5 Å². The van der Waals surface area contributed by atoms with Crippen molar-refractivity contribution in [3.05, 3.63) is 54.6 Å².